The molecule has 0 spiro atoms. The molecule has 0 saturated heterocycles. The first-order chi connectivity index (χ1) is 19.6. The molecule has 3 unspecified atom stereocenters. The maximum atomic E-state index is 16.8. The third-order valence-electron chi connectivity index (χ3n) is 9.12. The zero-order chi connectivity index (χ0) is 26.8. The highest BCUT2D eigenvalue weighted by atomic mass is 32.2. The molecule has 0 bridgehead atoms. The van der Waals surface area contributed by atoms with Gasteiger partial charge in [-0.3, -0.25) is 0 Å². The minimum Gasteiger partial charge on any atom is -0.306 e. The fourth-order valence-electron chi connectivity index (χ4n) is 7.12. The third-order valence-corrected chi connectivity index (χ3v) is 10.5. The Kier molecular flexibility index (Phi) is 5.47. The van der Waals surface area contributed by atoms with Crippen LogP contribution in [0.4, 0.5) is 4.39 Å². The van der Waals surface area contributed by atoms with E-state index in [1.807, 2.05) is 30.0 Å². The van der Waals surface area contributed by atoms with Crippen molar-refractivity contribution in [3.05, 3.63) is 142 Å². The number of hydrogen-bond donors (Lipinski definition) is 0. The molecule has 3 atom stereocenters. The fourth-order valence-corrected chi connectivity index (χ4v) is 8.56. The van der Waals surface area contributed by atoms with Gasteiger partial charge in [-0.25, -0.2) is 4.39 Å². The lowest BCUT2D eigenvalue weighted by atomic mass is 9.76. The lowest BCUT2D eigenvalue weighted by Crippen LogP contribution is -2.20. The molecular formula is C37H30FNS. The van der Waals surface area contributed by atoms with Crippen LogP contribution in [-0.4, -0.2) is 9.82 Å². The molecule has 4 aliphatic rings. The second-order valence-electron chi connectivity index (χ2n) is 11.5. The van der Waals surface area contributed by atoms with Crippen LogP contribution in [0.2, 0.25) is 0 Å². The number of fused-ring (bicyclic) bond motifs is 6. The summed E-state index contributed by atoms with van der Waals surface area (Å²) in [6.07, 6.45) is 20.8. The standard InChI is InChI=1S/C37H30FNS/c1-37(20-10-3-11-21-37)25-22-28(24-12-4-2-5-13-24)36(29(38)23-25)39-30-16-8-6-14-26(30)34-31(39)18-19-33-35(34)27-15-7-9-17-32(27)40-33/h2-6,8-14,16-20,22-23,33,35H,7,15,21H2,1H3. The Balaban J connectivity index is 1.42. The van der Waals surface area contributed by atoms with Crippen LogP contribution in [0.1, 0.15) is 48.9 Å². The van der Waals surface area contributed by atoms with Crippen molar-refractivity contribution in [1.82, 2.24) is 4.57 Å². The first-order valence-corrected chi connectivity index (χ1v) is 15.1. The Labute approximate surface area is 239 Å². The second kappa shape index (κ2) is 9.11. The number of para-hydroxylation sites is 1. The highest BCUT2D eigenvalue weighted by molar-refractivity contribution is 8.04. The van der Waals surface area contributed by atoms with Gasteiger partial charge in [-0.2, -0.15) is 0 Å². The van der Waals surface area contributed by atoms with Gasteiger partial charge in [-0.1, -0.05) is 98.0 Å². The number of aromatic nitrogens is 1. The van der Waals surface area contributed by atoms with Crippen molar-refractivity contribution in [2.75, 3.05) is 0 Å². The van der Waals surface area contributed by atoms with E-state index in [1.54, 1.807) is 11.6 Å². The van der Waals surface area contributed by atoms with Gasteiger partial charge in [0.25, 0.3) is 0 Å². The van der Waals surface area contributed by atoms with Gasteiger partial charge in [0, 0.05) is 32.4 Å². The van der Waals surface area contributed by atoms with Crippen molar-refractivity contribution in [1.29, 1.82) is 0 Å². The first-order valence-electron chi connectivity index (χ1n) is 14.2. The van der Waals surface area contributed by atoms with Crippen LogP contribution in [0.5, 0.6) is 0 Å². The molecule has 1 nitrogen and oxygen atoms in total. The molecule has 1 aliphatic heterocycles. The first kappa shape index (κ1) is 24.0. The maximum absolute atomic E-state index is 16.8. The van der Waals surface area contributed by atoms with Crippen molar-refractivity contribution in [2.45, 2.75) is 42.8 Å². The summed E-state index contributed by atoms with van der Waals surface area (Å²) >= 11 is 1.99. The number of thioether (sulfide) groups is 1. The summed E-state index contributed by atoms with van der Waals surface area (Å²) in [5, 5.41) is 1.63. The normalized spacial score (nSPS) is 24.4. The zero-order valence-corrected chi connectivity index (χ0v) is 23.3. The van der Waals surface area contributed by atoms with E-state index in [1.165, 1.54) is 15.9 Å². The van der Waals surface area contributed by atoms with Gasteiger partial charge in [0.2, 0.25) is 0 Å². The van der Waals surface area contributed by atoms with Crippen LogP contribution in [0.3, 0.4) is 0 Å². The summed E-state index contributed by atoms with van der Waals surface area (Å²) in [4.78, 5) is 1.43. The smallest absolute Gasteiger partial charge is 0.148 e. The topological polar surface area (TPSA) is 4.93 Å². The molecule has 8 rings (SSSR count). The number of halogens is 1. The molecule has 0 N–H and O–H groups in total. The number of allylic oxidation sites excluding steroid dienone is 7. The van der Waals surface area contributed by atoms with E-state index in [0.29, 0.717) is 16.9 Å². The molecule has 1 aromatic heterocycles. The third kappa shape index (κ3) is 3.53. The molecule has 4 aromatic rings. The van der Waals surface area contributed by atoms with E-state index in [4.69, 9.17) is 0 Å². The molecule has 0 fully saturated rings. The van der Waals surface area contributed by atoms with Crippen LogP contribution in [0, 0.1) is 5.82 Å². The quantitative estimate of drug-likeness (QED) is 0.251. The molecule has 40 heavy (non-hydrogen) atoms. The zero-order valence-electron chi connectivity index (χ0n) is 22.5. The summed E-state index contributed by atoms with van der Waals surface area (Å²) in [5.41, 5.74) is 8.44. The Hall–Kier alpha value is -3.82. The molecule has 3 aliphatic carbocycles. The van der Waals surface area contributed by atoms with E-state index in [9.17, 15) is 0 Å². The van der Waals surface area contributed by atoms with Gasteiger partial charge in [-0.05, 0) is 65.8 Å². The predicted octanol–water partition coefficient (Wildman–Crippen LogP) is 10.0. The minimum atomic E-state index is -0.249. The Morgan fingerprint density at radius 1 is 0.950 bits per heavy atom. The van der Waals surface area contributed by atoms with Crippen molar-refractivity contribution >= 4 is 28.7 Å². The van der Waals surface area contributed by atoms with Crippen molar-refractivity contribution in [3.8, 4) is 16.8 Å². The van der Waals surface area contributed by atoms with E-state index >= 15 is 4.39 Å². The van der Waals surface area contributed by atoms with Crippen LogP contribution in [0.25, 0.3) is 33.8 Å². The lowest BCUT2D eigenvalue weighted by molar-refractivity contribution is 0.577. The number of benzene rings is 3. The SMILES string of the molecule is CC1(c2cc(F)c(-n3c4c(c5ccccc53)C3C5=C(C=CCC5)SC3C=C4)c(-c3ccccc3)c2)C=CC=CC1. The van der Waals surface area contributed by atoms with Crippen LogP contribution >= 0.6 is 11.8 Å². The summed E-state index contributed by atoms with van der Waals surface area (Å²) in [6.45, 7) is 2.20. The highest BCUT2D eigenvalue weighted by Crippen LogP contribution is 2.56. The fraction of sp³-hybridized carbons (Fsp3) is 0.189. The summed E-state index contributed by atoms with van der Waals surface area (Å²) < 4.78 is 19.0. The van der Waals surface area contributed by atoms with Gasteiger partial charge in [0.05, 0.1) is 16.9 Å². The Morgan fingerprint density at radius 3 is 2.65 bits per heavy atom. The molecule has 3 aromatic carbocycles. The van der Waals surface area contributed by atoms with E-state index in [-0.39, 0.29) is 11.2 Å². The number of nitrogens with zero attached hydrogens (tertiary/aromatic N) is 1. The van der Waals surface area contributed by atoms with Crippen LogP contribution in [-0.2, 0) is 5.41 Å². The summed E-state index contributed by atoms with van der Waals surface area (Å²) in [6, 6.07) is 22.9. The van der Waals surface area contributed by atoms with Crippen LogP contribution in [0.15, 0.2) is 120 Å². The second-order valence-corrected chi connectivity index (χ2v) is 12.8. The largest absolute Gasteiger partial charge is 0.306 e. The summed E-state index contributed by atoms with van der Waals surface area (Å²) in [5.74, 6) is 0.151. The summed E-state index contributed by atoms with van der Waals surface area (Å²) in [7, 11) is 0. The highest BCUT2D eigenvalue weighted by Gasteiger charge is 2.41. The van der Waals surface area contributed by atoms with Gasteiger partial charge in [-0.15, -0.1) is 11.8 Å². The van der Waals surface area contributed by atoms with Crippen molar-refractivity contribution < 1.29 is 4.39 Å². The van der Waals surface area contributed by atoms with E-state index in [2.05, 4.69) is 103 Å². The maximum Gasteiger partial charge on any atom is 0.148 e. The number of rotatable bonds is 3. The average molecular weight is 540 g/mol. The van der Waals surface area contributed by atoms with Gasteiger partial charge in [0.15, 0.2) is 0 Å². The number of hydrogen-bond acceptors (Lipinski definition) is 1. The lowest BCUT2D eigenvalue weighted by Gasteiger charge is -2.29. The van der Waals surface area contributed by atoms with Gasteiger partial charge in [0.1, 0.15) is 5.82 Å². The molecule has 0 saturated carbocycles. The van der Waals surface area contributed by atoms with Crippen molar-refractivity contribution in [2.24, 2.45) is 0 Å². The van der Waals surface area contributed by atoms with Gasteiger partial charge < -0.3 is 4.57 Å². The van der Waals surface area contributed by atoms with E-state index in [0.717, 1.165) is 47.2 Å². The molecule has 3 heteroatoms. The monoisotopic (exact) mass is 539 g/mol. The minimum absolute atomic E-state index is 0.180. The van der Waals surface area contributed by atoms with Crippen LogP contribution < -0.4 is 0 Å². The molecule has 0 amide bonds. The molecule has 2 heterocycles. The molecule has 0 radical (unpaired) electrons. The average Bonchev–Trinajstić information content (AvgIpc) is 3.53. The van der Waals surface area contributed by atoms with E-state index < -0.39 is 0 Å². The molecule has 196 valence electrons. The Morgan fingerprint density at radius 2 is 1.80 bits per heavy atom. The predicted molar refractivity (Wildman–Crippen MR) is 167 cm³/mol. The Bertz CT molecular complexity index is 1830. The molecular weight excluding hydrogens is 509 g/mol. The van der Waals surface area contributed by atoms with Crippen molar-refractivity contribution in [3.63, 3.8) is 0 Å². The van der Waals surface area contributed by atoms with Gasteiger partial charge >= 0.3 is 0 Å².